The summed E-state index contributed by atoms with van der Waals surface area (Å²) in [5, 5.41) is 30.5. The summed E-state index contributed by atoms with van der Waals surface area (Å²) in [6.07, 6.45) is 9.19. The molecule has 0 saturated heterocycles. The molecule has 4 saturated carbocycles. The summed E-state index contributed by atoms with van der Waals surface area (Å²) < 4.78 is 0. The lowest BCUT2D eigenvalue weighted by atomic mass is 9.43. The van der Waals surface area contributed by atoms with E-state index in [1.165, 1.54) is 25.7 Å². The van der Waals surface area contributed by atoms with Crippen LogP contribution in [0.2, 0.25) is 0 Å². The second-order valence-corrected chi connectivity index (χ2v) is 11.4. The summed E-state index contributed by atoms with van der Waals surface area (Å²) in [5.41, 5.74) is 0.523. The standard InChI is InChI=1S/C24H40O4/c1-14(4-7-21(27)28)17-5-6-18-22-19(9-11-24(17,18)3)23(2)10-8-16(25)12-15(23)13-20(22)26/h14-20,22,25-26H,4-13H2,1-3H3,(H,27,28)/t14-,15+,16-,17+,18+,19-,20-,22+,23+,24-/m1/s1. The van der Waals surface area contributed by atoms with Crippen molar-refractivity contribution >= 4 is 5.97 Å². The van der Waals surface area contributed by atoms with Gasteiger partial charge >= 0.3 is 5.97 Å². The van der Waals surface area contributed by atoms with Gasteiger partial charge in [-0.15, -0.1) is 0 Å². The SMILES string of the molecule is C[C@H](CCC(=O)O)[C@@H]1CC[C@H]2[C@@H]3[C@H](O)C[C@@H]4C[C@H](O)CC[C@]4(C)[C@@H]3CC[C@@]21C. The zero-order chi connectivity index (χ0) is 20.3. The Balaban J connectivity index is 1.55. The highest BCUT2D eigenvalue weighted by atomic mass is 16.4. The van der Waals surface area contributed by atoms with Gasteiger partial charge in [-0.3, -0.25) is 4.79 Å². The average Bonchev–Trinajstić information content (AvgIpc) is 2.98. The molecule has 4 aliphatic rings. The second-order valence-electron chi connectivity index (χ2n) is 11.4. The quantitative estimate of drug-likeness (QED) is 0.659. The fraction of sp³-hybridized carbons (Fsp3) is 0.958. The minimum atomic E-state index is -0.684. The maximum atomic E-state index is 11.2. The third kappa shape index (κ3) is 3.14. The van der Waals surface area contributed by atoms with Gasteiger partial charge in [0.2, 0.25) is 0 Å². The van der Waals surface area contributed by atoms with E-state index >= 15 is 0 Å². The van der Waals surface area contributed by atoms with Crippen LogP contribution in [0.15, 0.2) is 0 Å². The summed E-state index contributed by atoms with van der Waals surface area (Å²) >= 11 is 0. The molecule has 10 atom stereocenters. The van der Waals surface area contributed by atoms with Crippen LogP contribution in [0.4, 0.5) is 0 Å². The van der Waals surface area contributed by atoms with Gasteiger partial charge < -0.3 is 15.3 Å². The maximum Gasteiger partial charge on any atom is 0.303 e. The predicted molar refractivity (Wildman–Crippen MR) is 109 cm³/mol. The Hall–Kier alpha value is -0.610. The van der Waals surface area contributed by atoms with Crippen molar-refractivity contribution in [2.45, 2.75) is 97.2 Å². The highest BCUT2D eigenvalue weighted by molar-refractivity contribution is 5.66. The Morgan fingerprint density at radius 3 is 2.39 bits per heavy atom. The number of carbonyl (C=O) groups is 1. The average molecular weight is 393 g/mol. The number of carboxylic acid groups (broad SMARTS) is 1. The van der Waals surface area contributed by atoms with Crippen LogP contribution in [-0.4, -0.2) is 33.5 Å². The van der Waals surface area contributed by atoms with Gasteiger partial charge in [0.05, 0.1) is 12.2 Å². The van der Waals surface area contributed by atoms with E-state index in [1.54, 1.807) is 0 Å². The maximum absolute atomic E-state index is 11.2. The Labute approximate surface area is 170 Å². The molecular weight excluding hydrogens is 352 g/mol. The number of aliphatic carboxylic acids is 1. The van der Waals surface area contributed by atoms with Crippen LogP contribution in [0.5, 0.6) is 0 Å². The summed E-state index contributed by atoms with van der Waals surface area (Å²) in [6, 6.07) is 0. The monoisotopic (exact) mass is 392 g/mol. The fourth-order valence-electron chi connectivity index (χ4n) is 8.73. The molecule has 4 nitrogen and oxygen atoms in total. The molecule has 0 radical (unpaired) electrons. The lowest BCUT2D eigenvalue weighted by Crippen LogP contribution is -2.58. The molecule has 0 aliphatic heterocycles. The number of rotatable bonds is 4. The molecule has 4 fully saturated rings. The van der Waals surface area contributed by atoms with Crippen molar-refractivity contribution in [3.8, 4) is 0 Å². The molecule has 4 aliphatic carbocycles. The molecule has 0 aromatic heterocycles. The van der Waals surface area contributed by atoms with Crippen molar-refractivity contribution < 1.29 is 20.1 Å². The van der Waals surface area contributed by atoms with Gasteiger partial charge in [0, 0.05) is 6.42 Å². The molecular formula is C24H40O4. The van der Waals surface area contributed by atoms with Crippen LogP contribution in [0.25, 0.3) is 0 Å². The fourth-order valence-corrected chi connectivity index (χ4v) is 8.73. The minimum absolute atomic E-state index is 0.179. The molecule has 3 N–H and O–H groups in total. The number of aliphatic hydroxyl groups is 2. The molecule has 160 valence electrons. The predicted octanol–water partition coefficient (Wildman–Crippen LogP) is 4.48. The van der Waals surface area contributed by atoms with E-state index in [4.69, 9.17) is 5.11 Å². The molecule has 4 rings (SSSR count). The van der Waals surface area contributed by atoms with E-state index < -0.39 is 5.97 Å². The van der Waals surface area contributed by atoms with Gasteiger partial charge in [0.1, 0.15) is 0 Å². The lowest BCUT2D eigenvalue weighted by molar-refractivity contribution is -0.174. The minimum Gasteiger partial charge on any atom is -0.481 e. The third-order valence-corrected chi connectivity index (χ3v) is 10.2. The first-order valence-corrected chi connectivity index (χ1v) is 11.7. The normalized spacial score (nSPS) is 51.7. The van der Waals surface area contributed by atoms with Crippen LogP contribution in [0, 0.1) is 46.3 Å². The molecule has 4 heteroatoms. The number of carboxylic acids is 1. The van der Waals surface area contributed by atoms with Gasteiger partial charge in [0.25, 0.3) is 0 Å². The number of aliphatic hydroxyl groups excluding tert-OH is 2. The Morgan fingerprint density at radius 1 is 1.00 bits per heavy atom. The van der Waals surface area contributed by atoms with Crippen molar-refractivity contribution in [1.82, 2.24) is 0 Å². The summed E-state index contributed by atoms with van der Waals surface area (Å²) in [7, 11) is 0. The second kappa shape index (κ2) is 7.27. The lowest BCUT2D eigenvalue weighted by Gasteiger charge is -2.62. The van der Waals surface area contributed by atoms with Gasteiger partial charge in [-0.1, -0.05) is 20.8 Å². The molecule has 0 aromatic carbocycles. The van der Waals surface area contributed by atoms with Crippen molar-refractivity contribution in [3.63, 3.8) is 0 Å². The van der Waals surface area contributed by atoms with Crippen LogP contribution >= 0.6 is 0 Å². The van der Waals surface area contributed by atoms with Gasteiger partial charge in [-0.05, 0) is 104 Å². The van der Waals surface area contributed by atoms with E-state index in [9.17, 15) is 15.0 Å². The zero-order valence-corrected chi connectivity index (χ0v) is 17.9. The van der Waals surface area contributed by atoms with Crippen LogP contribution < -0.4 is 0 Å². The topological polar surface area (TPSA) is 77.8 Å². The highest BCUT2D eigenvalue weighted by Crippen LogP contribution is 2.68. The molecule has 0 heterocycles. The van der Waals surface area contributed by atoms with Crippen molar-refractivity contribution in [2.24, 2.45) is 46.3 Å². The third-order valence-electron chi connectivity index (χ3n) is 10.2. The number of hydrogen-bond donors (Lipinski definition) is 3. The number of hydrogen-bond acceptors (Lipinski definition) is 3. The molecule has 0 aromatic rings. The molecule has 0 unspecified atom stereocenters. The molecule has 0 spiro atoms. The first kappa shape index (κ1) is 20.7. The van der Waals surface area contributed by atoms with E-state index in [0.717, 1.165) is 32.1 Å². The van der Waals surface area contributed by atoms with E-state index in [-0.39, 0.29) is 29.5 Å². The largest absolute Gasteiger partial charge is 0.481 e. The molecule has 28 heavy (non-hydrogen) atoms. The molecule has 0 amide bonds. The summed E-state index contributed by atoms with van der Waals surface area (Å²) in [5.74, 6) is 2.36. The van der Waals surface area contributed by atoms with Crippen LogP contribution in [-0.2, 0) is 4.79 Å². The first-order valence-electron chi connectivity index (χ1n) is 11.7. The smallest absolute Gasteiger partial charge is 0.303 e. The summed E-state index contributed by atoms with van der Waals surface area (Å²) in [6.45, 7) is 7.16. The zero-order valence-electron chi connectivity index (χ0n) is 17.9. The first-order chi connectivity index (χ1) is 13.2. The Morgan fingerprint density at radius 2 is 1.68 bits per heavy atom. The van der Waals surface area contributed by atoms with Crippen LogP contribution in [0.3, 0.4) is 0 Å². The van der Waals surface area contributed by atoms with E-state index in [1.807, 2.05) is 0 Å². The molecule has 0 bridgehead atoms. The van der Waals surface area contributed by atoms with Crippen LogP contribution in [0.1, 0.15) is 85.0 Å². The number of fused-ring (bicyclic) bond motifs is 5. The van der Waals surface area contributed by atoms with E-state index in [2.05, 4.69) is 20.8 Å². The summed E-state index contributed by atoms with van der Waals surface area (Å²) in [4.78, 5) is 11.1. The van der Waals surface area contributed by atoms with Crippen molar-refractivity contribution in [3.05, 3.63) is 0 Å². The highest BCUT2D eigenvalue weighted by Gasteiger charge is 2.62. The van der Waals surface area contributed by atoms with Crippen molar-refractivity contribution in [2.75, 3.05) is 0 Å². The van der Waals surface area contributed by atoms with Gasteiger partial charge in [-0.25, -0.2) is 0 Å². The Bertz CT molecular complexity index is 605. The van der Waals surface area contributed by atoms with E-state index in [0.29, 0.717) is 35.5 Å². The van der Waals surface area contributed by atoms with Crippen molar-refractivity contribution in [1.29, 1.82) is 0 Å². The van der Waals surface area contributed by atoms with Gasteiger partial charge in [-0.2, -0.15) is 0 Å². The Kier molecular flexibility index (Phi) is 5.36. The van der Waals surface area contributed by atoms with Gasteiger partial charge in [0.15, 0.2) is 0 Å².